The molecule has 0 saturated carbocycles. The van der Waals surface area contributed by atoms with Crippen LogP contribution in [0.1, 0.15) is 53.9 Å². The van der Waals surface area contributed by atoms with Crippen molar-refractivity contribution in [1.82, 2.24) is 14.9 Å². The maximum absolute atomic E-state index is 13.0. The number of aromatic nitrogens is 2. The number of anilines is 1. The highest BCUT2D eigenvalue weighted by atomic mass is 16.2. The third kappa shape index (κ3) is 2.66. The highest BCUT2D eigenvalue weighted by molar-refractivity contribution is 5.99. The van der Waals surface area contributed by atoms with Gasteiger partial charge in [-0.3, -0.25) is 4.79 Å². The zero-order chi connectivity index (χ0) is 18.4. The van der Waals surface area contributed by atoms with Crippen LogP contribution in [0, 0.1) is 13.8 Å². The summed E-state index contributed by atoms with van der Waals surface area (Å²) in [5.41, 5.74) is 6.06. The predicted octanol–water partition coefficient (Wildman–Crippen LogP) is 3.72. The fraction of sp³-hybridized carbons (Fsp3) is 0.476. The van der Waals surface area contributed by atoms with Crippen LogP contribution in [0.15, 0.2) is 18.2 Å². The molecule has 4 rings (SSSR count). The van der Waals surface area contributed by atoms with Gasteiger partial charge < -0.3 is 9.80 Å². The fourth-order valence-corrected chi connectivity index (χ4v) is 3.88. The van der Waals surface area contributed by atoms with Crippen molar-refractivity contribution in [3.05, 3.63) is 40.6 Å². The van der Waals surface area contributed by atoms with Crippen molar-refractivity contribution in [2.24, 2.45) is 0 Å². The first-order valence-electron chi connectivity index (χ1n) is 9.50. The van der Waals surface area contributed by atoms with Crippen molar-refractivity contribution in [3.8, 4) is 11.3 Å². The van der Waals surface area contributed by atoms with Gasteiger partial charge in [0, 0.05) is 30.3 Å². The van der Waals surface area contributed by atoms with Crippen LogP contribution in [0.5, 0.6) is 0 Å². The van der Waals surface area contributed by atoms with Gasteiger partial charge in [-0.05, 0) is 51.7 Å². The number of nitrogens with zero attached hydrogens (tertiary/aromatic N) is 4. The Morgan fingerprint density at radius 1 is 1.04 bits per heavy atom. The third-order valence-corrected chi connectivity index (χ3v) is 5.66. The quantitative estimate of drug-likeness (QED) is 0.846. The summed E-state index contributed by atoms with van der Waals surface area (Å²) in [6.07, 6.45) is 2.32. The van der Waals surface area contributed by atoms with Crippen LogP contribution in [0.4, 0.5) is 5.95 Å². The molecule has 0 radical (unpaired) electrons. The zero-order valence-corrected chi connectivity index (χ0v) is 16.0. The van der Waals surface area contributed by atoms with Crippen LogP contribution >= 0.6 is 0 Å². The number of carbonyl (C=O) groups excluding carboxylic acids is 1. The Labute approximate surface area is 155 Å². The Morgan fingerprint density at radius 2 is 1.73 bits per heavy atom. The molecule has 26 heavy (non-hydrogen) atoms. The zero-order valence-electron chi connectivity index (χ0n) is 16.0. The van der Waals surface area contributed by atoms with Crippen LogP contribution in [-0.2, 0) is 6.54 Å². The molecule has 0 aliphatic carbocycles. The lowest BCUT2D eigenvalue weighted by Crippen LogP contribution is -2.31. The van der Waals surface area contributed by atoms with Gasteiger partial charge in [0.05, 0.1) is 12.2 Å². The van der Waals surface area contributed by atoms with Crippen molar-refractivity contribution in [2.75, 3.05) is 18.0 Å². The van der Waals surface area contributed by atoms with Gasteiger partial charge >= 0.3 is 0 Å². The lowest BCUT2D eigenvalue weighted by Gasteiger charge is -2.19. The average Bonchev–Trinajstić information content (AvgIpc) is 3.25. The highest BCUT2D eigenvalue weighted by Gasteiger charge is 2.35. The van der Waals surface area contributed by atoms with E-state index in [1.807, 2.05) is 4.90 Å². The Balaban J connectivity index is 1.91. The second-order valence-corrected chi connectivity index (χ2v) is 7.67. The molecule has 2 aliphatic heterocycles. The lowest BCUT2D eigenvalue weighted by molar-refractivity contribution is 0.0726. The summed E-state index contributed by atoms with van der Waals surface area (Å²) in [7, 11) is 0. The number of hydrogen-bond acceptors (Lipinski definition) is 4. The van der Waals surface area contributed by atoms with Crippen LogP contribution in [-0.4, -0.2) is 39.9 Å². The number of benzene rings is 1. The van der Waals surface area contributed by atoms with E-state index >= 15 is 0 Å². The number of rotatable bonds is 3. The first kappa shape index (κ1) is 17.0. The Kier molecular flexibility index (Phi) is 4.17. The molecule has 5 nitrogen and oxygen atoms in total. The first-order chi connectivity index (χ1) is 12.5. The molecule has 2 aliphatic rings. The van der Waals surface area contributed by atoms with E-state index in [0.717, 1.165) is 42.8 Å². The normalized spacial score (nSPS) is 16.7. The van der Waals surface area contributed by atoms with Crippen molar-refractivity contribution >= 4 is 11.9 Å². The molecule has 0 atom stereocenters. The second kappa shape index (κ2) is 6.38. The summed E-state index contributed by atoms with van der Waals surface area (Å²) < 4.78 is 0. The van der Waals surface area contributed by atoms with Gasteiger partial charge in [-0.1, -0.05) is 18.2 Å². The van der Waals surface area contributed by atoms with Crippen LogP contribution in [0.25, 0.3) is 11.3 Å². The van der Waals surface area contributed by atoms with E-state index in [9.17, 15) is 4.79 Å². The van der Waals surface area contributed by atoms with Gasteiger partial charge in [-0.25, -0.2) is 9.97 Å². The Morgan fingerprint density at radius 3 is 2.42 bits per heavy atom. The molecule has 0 spiro atoms. The minimum absolute atomic E-state index is 0.0319. The van der Waals surface area contributed by atoms with Crippen molar-refractivity contribution < 1.29 is 4.79 Å². The molecule has 5 heteroatoms. The molecule has 3 heterocycles. The van der Waals surface area contributed by atoms with Crippen LogP contribution < -0.4 is 4.90 Å². The lowest BCUT2D eigenvalue weighted by atomic mass is 9.97. The van der Waals surface area contributed by atoms with Gasteiger partial charge in [0.2, 0.25) is 5.95 Å². The standard InChI is InChI=1S/C21H26N4O/c1-13(2)25-12-17-18(16-9-7-8-14(3)15(16)4)22-21(23-19(17)20(25)26)24-10-5-6-11-24/h7-9,13H,5-6,10-12H2,1-4H3. The molecule has 1 saturated heterocycles. The predicted molar refractivity (Wildman–Crippen MR) is 103 cm³/mol. The molecule has 1 fully saturated rings. The summed E-state index contributed by atoms with van der Waals surface area (Å²) in [6, 6.07) is 6.45. The van der Waals surface area contributed by atoms with E-state index in [1.54, 1.807) is 0 Å². The summed E-state index contributed by atoms with van der Waals surface area (Å²) in [5, 5.41) is 0. The summed E-state index contributed by atoms with van der Waals surface area (Å²) in [6.45, 7) is 10.9. The number of hydrogen-bond donors (Lipinski definition) is 0. The van der Waals surface area contributed by atoms with E-state index in [-0.39, 0.29) is 11.9 Å². The minimum Gasteiger partial charge on any atom is -0.341 e. The summed E-state index contributed by atoms with van der Waals surface area (Å²) >= 11 is 0. The van der Waals surface area contributed by atoms with Crippen molar-refractivity contribution in [3.63, 3.8) is 0 Å². The van der Waals surface area contributed by atoms with Gasteiger partial charge in [0.25, 0.3) is 5.91 Å². The second-order valence-electron chi connectivity index (χ2n) is 7.67. The van der Waals surface area contributed by atoms with E-state index in [4.69, 9.17) is 9.97 Å². The molecule has 0 unspecified atom stereocenters. The maximum atomic E-state index is 13.0. The molecule has 1 aromatic carbocycles. The molecule has 2 aromatic rings. The largest absolute Gasteiger partial charge is 0.341 e. The van der Waals surface area contributed by atoms with Crippen LogP contribution in [0.3, 0.4) is 0 Å². The van der Waals surface area contributed by atoms with E-state index < -0.39 is 0 Å². The van der Waals surface area contributed by atoms with Gasteiger partial charge in [-0.2, -0.15) is 0 Å². The minimum atomic E-state index is 0.0319. The number of fused-ring (bicyclic) bond motifs is 1. The van der Waals surface area contributed by atoms with Gasteiger partial charge in [0.15, 0.2) is 0 Å². The topological polar surface area (TPSA) is 49.3 Å². The van der Waals surface area contributed by atoms with Crippen molar-refractivity contribution in [2.45, 2.75) is 53.1 Å². The monoisotopic (exact) mass is 350 g/mol. The van der Waals surface area contributed by atoms with Crippen molar-refractivity contribution in [1.29, 1.82) is 0 Å². The molecule has 0 bridgehead atoms. The summed E-state index contributed by atoms with van der Waals surface area (Å²) in [4.78, 5) is 26.7. The molecule has 1 aromatic heterocycles. The highest BCUT2D eigenvalue weighted by Crippen LogP contribution is 2.35. The molecule has 0 N–H and O–H groups in total. The van der Waals surface area contributed by atoms with E-state index in [1.165, 1.54) is 11.1 Å². The Hall–Kier alpha value is -2.43. The number of amides is 1. The molecule has 1 amide bonds. The molecule has 136 valence electrons. The number of aryl methyl sites for hydroxylation is 1. The summed E-state index contributed by atoms with van der Waals surface area (Å²) in [5.74, 6) is 0.737. The Bertz CT molecular complexity index is 869. The smallest absolute Gasteiger partial charge is 0.273 e. The molecular weight excluding hydrogens is 324 g/mol. The van der Waals surface area contributed by atoms with E-state index in [2.05, 4.69) is 50.8 Å². The fourth-order valence-electron chi connectivity index (χ4n) is 3.88. The average molecular weight is 350 g/mol. The van der Waals surface area contributed by atoms with E-state index in [0.29, 0.717) is 18.2 Å². The first-order valence-corrected chi connectivity index (χ1v) is 9.50. The van der Waals surface area contributed by atoms with Gasteiger partial charge in [0.1, 0.15) is 5.69 Å². The third-order valence-electron chi connectivity index (χ3n) is 5.66. The SMILES string of the molecule is Cc1cccc(-c2nc(N3CCCC3)nc3c2CN(C(C)C)C3=O)c1C. The maximum Gasteiger partial charge on any atom is 0.273 e. The van der Waals surface area contributed by atoms with Gasteiger partial charge in [-0.15, -0.1) is 0 Å². The van der Waals surface area contributed by atoms with Crippen LogP contribution in [0.2, 0.25) is 0 Å². The molecular formula is C21H26N4O. The number of carbonyl (C=O) groups is 1.